The van der Waals surface area contributed by atoms with Crippen molar-refractivity contribution in [2.45, 2.75) is 26.3 Å². The number of hydrogen-bond donors (Lipinski definition) is 1. The molecule has 0 saturated heterocycles. The second kappa shape index (κ2) is 8.34. The van der Waals surface area contributed by atoms with Gasteiger partial charge in [0.1, 0.15) is 0 Å². The molecule has 0 aliphatic carbocycles. The monoisotopic (exact) mass is 264 g/mol. The summed E-state index contributed by atoms with van der Waals surface area (Å²) >= 11 is 0. The zero-order chi connectivity index (χ0) is 14.1. The van der Waals surface area contributed by atoms with E-state index in [1.165, 1.54) is 12.8 Å². The van der Waals surface area contributed by atoms with Crippen molar-refractivity contribution in [3.63, 3.8) is 0 Å². The summed E-state index contributed by atoms with van der Waals surface area (Å²) in [5.41, 5.74) is 1.12. The third kappa shape index (κ3) is 5.16. The molecule has 0 unspecified atom stereocenters. The molecule has 0 amide bonds. The van der Waals surface area contributed by atoms with Crippen molar-refractivity contribution in [1.29, 1.82) is 0 Å². The van der Waals surface area contributed by atoms with E-state index < -0.39 is 0 Å². The molecule has 1 aromatic rings. The first-order chi connectivity index (χ1) is 9.21. The van der Waals surface area contributed by atoms with Gasteiger partial charge in [-0.25, -0.2) is 4.98 Å². The molecular weight excluding hydrogens is 240 g/mol. The highest BCUT2D eigenvalue weighted by Crippen LogP contribution is 2.08. The van der Waals surface area contributed by atoms with Crippen molar-refractivity contribution in [2.24, 2.45) is 4.99 Å². The van der Waals surface area contributed by atoms with E-state index in [1.807, 2.05) is 12.1 Å². The lowest BCUT2D eigenvalue weighted by atomic mass is 10.2. The largest absolute Gasteiger partial charge is 0.481 e. The van der Waals surface area contributed by atoms with E-state index in [0.717, 1.165) is 18.1 Å². The lowest BCUT2D eigenvalue weighted by Gasteiger charge is -2.21. The van der Waals surface area contributed by atoms with E-state index in [4.69, 9.17) is 4.74 Å². The van der Waals surface area contributed by atoms with Crippen molar-refractivity contribution in [2.75, 3.05) is 27.7 Å². The average Bonchev–Trinajstić information content (AvgIpc) is 2.45. The maximum atomic E-state index is 5.11. The Hall–Kier alpha value is -1.78. The van der Waals surface area contributed by atoms with Gasteiger partial charge in [-0.2, -0.15) is 0 Å². The Morgan fingerprint density at radius 3 is 2.95 bits per heavy atom. The highest BCUT2D eigenvalue weighted by molar-refractivity contribution is 5.79. The van der Waals surface area contributed by atoms with E-state index in [2.05, 4.69) is 34.2 Å². The van der Waals surface area contributed by atoms with Gasteiger partial charge in [0.2, 0.25) is 5.88 Å². The molecule has 1 N–H and O–H groups in total. The topological polar surface area (TPSA) is 49.8 Å². The van der Waals surface area contributed by atoms with Crippen LogP contribution in [0.1, 0.15) is 25.3 Å². The molecule has 0 radical (unpaired) electrons. The van der Waals surface area contributed by atoms with E-state index in [1.54, 1.807) is 20.4 Å². The van der Waals surface area contributed by atoms with Crippen molar-refractivity contribution >= 4 is 5.96 Å². The van der Waals surface area contributed by atoms with E-state index in [9.17, 15) is 0 Å². The SMILES string of the molecule is CCCCN(C)C(=NC)NCc1ccnc(OC)c1. The van der Waals surface area contributed by atoms with Crippen LogP contribution in [0.3, 0.4) is 0 Å². The van der Waals surface area contributed by atoms with Crippen LogP contribution < -0.4 is 10.1 Å². The Morgan fingerprint density at radius 1 is 1.53 bits per heavy atom. The number of pyridine rings is 1. The standard InChI is InChI=1S/C14H24N4O/c1-5-6-9-18(3)14(15-2)17-11-12-7-8-16-13(10-12)19-4/h7-8,10H,5-6,9,11H2,1-4H3,(H,15,17). The summed E-state index contributed by atoms with van der Waals surface area (Å²) in [7, 11) is 5.48. The highest BCUT2D eigenvalue weighted by atomic mass is 16.5. The minimum absolute atomic E-state index is 0.633. The molecule has 0 bridgehead atoms. The number of nitrogens with one attached hydrogen (secondary N) is 1. The molecule has 1 rings (SSSR count). The van der Waals surface area contributed by atoms with Crippen LogP contribution in [-0.2, 0) is 6.54 Å². The second-order valence-corrected chi connectivity index (χ2v) is 4.38. The zero-order valence-corrected chi connectivity index (χ0v) is 12.3. The summed E-state index contributed by atoms with van der Waals surface area (Å²) in [6, 6.07) is 3.89. The number of aromatic nitrogens is 1. The second-order valence-electron chi connectivity index (χ2n) is 4.38. The van der Waals surface area contributed by atoms with Crippen molar-refractivity contribution in [3.8, 4) is 5.88 Å². The molecule has 0 aliphatic heterocycles. The van der Waals surface area contributed by atoms with E-state index in [-0.39, 0.29) is 0 Å². The summed E-state index contributed by atoms with van der Waals surface area (Å²) in [6.07, 6.45) is 4.10. The number of aliphatic imine (C=N–C) groups is 1. The number of rotatable bonds is 6. The average molecular weight is 264 g/mol. The summed E-state index contributed by atoms with van der Waals surface area (Å²) in [5.74, 6) is 1.54. The van der Waals surface area contributed by atoms with Gasteiger partial charge in [0.25, 0.3) is 0 Å². The van der Waals surface area contributed by atoms with Crippen LogP contribution in [0.15, 0.2) is 23.3 Å². The summed E-state index contributed by atoms with van der Waals surface area (Å²) in [4.78, 5) is 10.5. The van der Waals surface area contributed by atoms with Gasteiger partial charge in [-0.05, 0) is 18.1 Å². The van der Waals surface area contributed by atoms with Crippen LogP contribution >= 0.6 is 0 Å². The number of guanidine groups is 1. The number of hydrogen-bond acceptors (Lipinski definition) is 3. The van der Waals surface area contributed by atoms with Crippen LogP contribution in [0.25, 0.3) is 0 Å². The van der Waals surface area contributed by atoms with Crippen LogP contribution in [0.5, 0.6) is 5.88 Å². The molecule has 19 heavy (non-hydrogen) atoms. The number of methoxy groups -OCH3 is 1. The Morgan fingerprint density at radius 2 is 2.32 bits per heavy atom. The van der Waals surface area contributed by atoms with Crippen LogP contribution in [0.4, 0.5) is 0 Å². The highest BCUT2D eigenvalue weighted by Gasteiger charge is 2.05. The predicted octanol–water partition coefficient (Wildman–Crippen LogP) is 1.90. The van der Waals surface area contributed by atoms with E-state index in [0.29, 0.717) is 12.4 Å². The molecular formula is C14H24N4O. The van der Waals surface area contributed by atoms with Gasteiger partial charge in [-0.3, -0.25) is 4.99 Å². The molecule has 0 atom stereocenters. The fraction of sp³-hybridized carbons (Fsp3) is 0.571. The molecule has 1 heterocycles. The van der Waals surface area contributed by atoms with Crippen LogP contribution in [0, 0.1) is 0 Å². The van der Waals surface area contributed by atoms with Gasteiger partial charge in [-0.15, -0.1) is 0 Å². The maximum absolute atomic E-state index is 5.11. The molecule has 106 valence electrons. The van der Waals surface area contributed by atoms with Crippen molar-refractivity contribution in [3.05, 3.63) is 23.9 Å². The van der Waals surface area contributed by atoms with Gasteiger partial charge >= 0.3 is 0 Å². The lowest BCUT2D eigenvalue weighted by Crippen LogP contribution is -2.38. The zero-order valence-electron chi connectivity index (χ0n) is 12.3. The third-order valence-corrected chi connectivity index (χ3v) is 2.88. The molecule has 5 heteroatoms. The van der Waals surface area contributed by atoms with Gasteiger partial charge in [-0.1, -0.05) is 13.3 Å². The number of nitrogens with zero attached hydrogens (tertiary/aromatic N) is 3. The van der Waals surface area contributed by atoms with Gasteiger partial charge in [0.05, 0.1) is 7.11 Å². The Balaban J connectivity index is 2.53. The first-order valence-electron chi connectivity index (χ1n) is 6.62. The van der Waals surface area contributed by atoms with Crippen molar-refractivity contribution < 1.29 is 4.74 Å². The van der Waals surface area contributed by atoms with Crippen LogP contribution in [-0.4, -0.2) is 43.6 Å². The Labute approximate surface area is 115 Å². The smallest absolute Gasteiger partial charge is 0.213 e. The minimum Gasteiger partial charge on any atom is -0.481 e. The van der Waals surface area contributed by atoms with Crippen LogP contribution in [0.2, 0.25) is 0 Å². The number of unbranched alkanes of at least 4 members (excludes halogenated alkanes) is 1. The fourth-order valence-electron chi connectivity index (χ4n) is 1.74. The normalized spacial score (nSPS) is 11.3. The Kier molecular flexibility index (Phi) is 6.71. The quantitative estimate of drug-likeness (QED) is 0.630. The van der Waals surface area contributed by atoms with Gasteiger partial charge < -0.3 is 15.0 Å². The summed E-state index contributed by atoms with van der Waals surface area (Å²) in [6.45, 7) is 3.91. The molecule has 5 nitrogen and oxygen atoms in total. The van der Waals surface area contributed by atoms with E-state index >= 15 is 0 Å². The van der Waals surface area contributed by atoms with Gasteiger partial charge in [0.15, 0.2) is 5.96 Å². The molecule has 0 saturated carbocycles. The minimum atomic E-state index is 0.633. The maximum Gasteiger partial charge on any atom is 0.213 e. The number of ether oxygens (including phenoxy) is 1. The van der Waals surface area contributed by atoms with Gasteiger partial charge in [0, 0.05) is 39.4 Å². The first kappa shape index (κ1) is 15.3. The third-order valence-electron chi connectivity index (χ3n) is 2.88. The van der Waals surface area contributed by atoms with Crippen molar-refractivity contribution in [1.82, 2.24) is 15.2 Å². The summed E-state index contributed by atoms with van der Waals surface area (Å²) < 4.78 is 5.11. The lowest BCUT2D eigenvalue weighted by molar-refractivity contribution is 0.397. The predicted molar refractivity (Wildman–Crippen MR) is 78.5 cm³/mol. The molecule has 0 spiro atoms. The first-order valence-corrected chi connectivity index (χ1v) is 6.62. The molecule has 1 aromatic heterocycles. The Bertz CT molecular complexity index is 406. The molecule has 0 aliphatic rings. The fourth-order valence-corrected chi connectivity index (χ4v) is 1.74. The molecule has 0 aromatic carbocycles. The molecule has 0 fully saturated rings. The summed E-state index contributed by atoms with van der Waals surface area (Å²) in [5, 5.41) is 3.34.